The van der Waals surface area contributed by atoms with Crippen LogP contribution in [0.2, 0.25) is 0 Å². The van der Waals surface area contributed by atoms with Gasteiger partial charge in [0.15, 0.2) is 0 Å². The van der Waals surface area contributed by atoms with E-state index in [1.165, 1.54) is 5.54 Å². The standard InChI is InChI=1S/C6H11Cl2N/c1-6(5-8)9-4-2-3-7/h2-3,6,9H,4-5H2,1H3/b3-2+. The van der Waals surface area contributed by atoms with Crippen LogP contribution in [0.15, 0.2) is 11.6 Å². The molecular formula is C6H11Cl2N. The Balaban J connectivity index is 3.06. The van der Waals surface area contributed by atoms with E-state index in [4.69, 9.17) is 23.2 Å². The highest BCUT2D eigenvalue weighted by Gasteiger charge is 1.93. The van der Waals surface area contributed by atoms with E-state index >= 15 is 0 Å². The van der Waals surface area contributed by atoms with Crippen LogP contribution in [-0.4, -0.2) is 18.5 Å². The maximum absolute atomic E-state index is 5.51. The lowest BCUT2D eigenvalue weighted by Crippen LogP contribution is -2.27. The zero-order chi connectivity index (χ0) is 7.11. The molecule has 0 fully saturated rings. The Bertz CT molecular complexity index is 83.1. The topological polar surface area (TPSA) is 12.0 Å². The van der Waals surface area contributed by atoms with Crippen molar-refractivity contribution in [3.8, 4) is 0 Å². The number of alkyl halides is 1. The molecule has 0 bridgehead atoms. The zero-order valence-electron chi connectivity index (χ0n) is 5.40. The summed E-state index contributed by atoms with van der Waals surface area (Å²) in [6, 6.07) is 0.361. The van der Waals surface area contributed by atoms with E-state index in [1.807, 2.05) is 13.0 Å². The second-order valence-corrected chi connectivity index (χ2v) is 2.39. The molecule has 0 saturated carbocycles. The Hall–Kier alpha value is 0.280. The predicted molar refractivity (Wildman–Crippen MR) is 43.2 cm³/mol. The summed E-state index contributed by atoms with van der Waals surface area (Å²) in [5, 5.41) is 3.13. The molecule has 9 heavy (non-hydrogen) atoms. The summed E-state index contributed by atoms with van der Waals surface area (Å²) in [5.74, 6) is 0.635. The number of nitrogens with one attached hydrogen (secondary N) is 1. The highest BCUT2D eigenvalue weighted by Crippen LogP contribution is 1.85. The third kappa shape index (κ3) is 6.16. The minimum absolute atomic E-state index is 0.361. The maximum Gasteiger partial charge on any atom is 0.0374 e. The van der Waals surface area contributed by atoms with Gasteiger partial charge in [-0.2, -0.15) is 0 Å². The van der Waals surface area contributed by atoms with E-state index in [0.29, 0.717) is 11.9 Å². The third-order valence-electron chi connectivity index (χ3n) is 0.905. The van der Waals surface area contributed by atoms with Crippen molar-refractivity contribution in [1.82, 2.24) is 5.32 Å². The molecule has 0 aliphatic carbocycles. The molecule has 0 radical (unpaired) electrons. The van der Waals surface area contributed by atoms with Crippen molar-refractivity contribution >= 4 is 23.2 Å². The fraction of sp³-hybridized carbons (Fsp3) is 0.667. The molecule has 0 rings (SSSR count). The van der Waals surface area contributed by atoms with Crippen LogP contribution in [0.3, 0.4) is 0 Å². The Kier molecular flexibility index (Phi) is 6.60. The smallest absolute Gasteiger partial charge is 0.0374 e. The fourth-order valence-electron chi connectivity index (χ4n) is 0.368. The number of hydrogen-bond acceptors (Lipinski definition) is 1. The SMILES string of the molecule is CC(CCl)NC/C=C/Cl. The molecule has 1 unspecified atom stereocenters. The highest BCUT2D eigenvalue weighted by atomic mass is 35.5. The van der Waals surface area contributed by atoms with Crippen LogP contribution in [0.5, 0.6) is 0 Å². The van der Waals surface area contributed by atoms with Gasteiger partial charge in [0.05, 0.1) is 0 Å². The summed E-state index contributed by atoms with van der Waals surface area (Å²) >= 11 is 10.8. The molecule has 0 aromatic rings. The molecule has 3 heteroatoms. The minimum atomic E-state index is 0.361. The van der Waals surface area contributed by atoms with E-state index in [1.54, 1.807) is 0 Å². The van der Waals surface area contributed by atoms with Crippen molar-refractivity contribution in [2.75, 3.05) is 12.4 Å². The minimum Gasteiger partial charge on any atom is -0.310 e. The lowest BCUT2D eigenvalue weighted by Gasteiger charge is -2.05. The molecule has 1 nitrogen and oxygen atoms in total. The molecule has 0 aliphatic heterocycles. The maximum atomic E-state index is 5.51. The van der Waals surface area contributed by atoms with Gasteiger partial charge in [-0.25, -0.2) is 0 Å². The van der Waals surface area contributed by atoms with E-state index in [2.05, 4.69) is 5.32 Å². The van der Waals surface area contributed by atoms with Crippen molar-refractivity contribution in [2.24, 2.45) is 0 Å². The van der Waals surface area contributed by atoms with Crippen LogP contribution in [0.4, 0.5) is 0 Å². The normalized spacial score (nSPS) is 14.6. The van der Waals surface area contributed by atoms with Crippen LogP contribution in [0, 0.1) is 0 Å². The monoisotopic (exact) mass is 167 g/mol. The Morgan fingerprint density at radius 3 is 2.78 bits per heavy atom. The van der Waals surface area contributed by atoms with Crippen molar-refractivity contribution in [3.63, 3.8) is 0 Å². The van der Waals surface area contributed by atoms with Crippen LogP contribution >= 0.6 is 23.2 Å². The van der Waals surface area contributed by atoms with E-state index in [9.17, 15) is 0 Å². The van der Waals surface area contributed by atoms with Gasteiger partial charge in [0.2, 0.25) is 0 Å². The first-order valence-electron chi connectivity index (χ1n) is 2.85. The number of halogens is 2. The molecule has 0 aliphatic rings. The van der Waals surface area contributed by atoms with Gasteiger partial charge in [0.25, 0.3) is 0 Å². The third-order valence-corrected chi connectivity index (χ3v) is 1.55. The van der Waals surface area contributed by atoms with Crippen LogP contribution in [0.1, 0.15) is 6.92 Å². The van der Waals surface area contributed by atoms with Crippen LogP contribution in [0.25, 0.3) is 0 Å². The summed E-state index contributed by atoms with van der Waals surface area (Å²) in [5.41, 5.74) is 1.49. The van der Waals surface area contributed by atoms with Gasteiger partial charge in [-0.15, -0.1) is 11.6 Å². The molecule has 0 saturated heterocycles. The summed E-state index contributed by atoms with van der Waals surface area (Å²) in [6.45, 7) is 2.81. The summed E-state index contributed by atoms with van der Waals surface area (Å²) < 4.78 is 0. The molecule has 0 spiro atoms. The molecule has 0 heterocycles. The first kappa shape index (κ1) is 9.28. The van der Waals surface area contributed by atoms with Gasteiger partial charge in [-0.3, -0.25) is 0 Å². The Morgan fingerprint density at radius 2 is 2.33 bits per heavy atom. The van der Waals surface area contributed by atoms with E-state index < -0.39 is 0 Å². The summed E-state index contributed by atoms with van der Waals surface area (Å²) in [6.07, 6.45) is 1.84. The van der Waals surface area contributed by atoms with Gasteiger partial charge in [0, 0.05) is 24.0 Å². The van der Waals surface area contributed by atoms with Gasteiger partial charge in [0.1, 0.15) is 0 Å². The molecule has 0 aromatic carbocycles. The van der Waals surface area contributed by atoms with Crippen LogP contribution < -0.4 is 5.32 Å². The molecule has 0 amide bonds. The number of rotatable bonds is 4. The fourth-order valence-corrected chi connectivity index (χ4v) is 0.567. The first-order chi connectivity index (χ1) is 4.31. The second-order valence-electron chi connectivity index (χ2n) is 1.83. The first-order valence-corrected chi connectivity index (χ1v) is 3.83. The van der Waals surface area contributed by atoms with Crippen molar-refractivity contribution < 1.29 is 0 Å². The second kappa shape index (κ2) is 6.40. The molecule has 1 atom stereocenters. The Morgan fingerprint density at radius 1 is 1.67 bits per heavy atom. The van der Waals surface area contributed by atoms with Gasteiger partial charge >= 0.3 is 0 Å². The average Bonchev–Trinajstić information content (AvgIpc) is 1.89. The number of hydrogen-bond donors (Lipinski definition) is 1. The van der Waals surface area contributed by atoms with E-state index in [-0.39, 0.29) is 0 Å². The van der Waals surface area contributed by atoms with Gasteiger partial charge < -0.3 is 5.32 Å². The van der Waals surface area contributed by atoms with Crippen LogP contribution in [-0.2, 0) is 0 Å². The van der Waals surface area contributed by atoms with Crippen molar-refractivity contribution in [3.05, 3.63) is 11.6 Å². The van der Waals surface area contributed by atoms with Gasteiger partial charge in [-0.05, 0) is 6.92 Å². The summed E-state index contributed by atoms with van der Waals surface area (Å²) in [7, 11) is 0. The zero-order valence-corrected chi connectivity index (χ0v) is 6.91. The molecule has 0 aromatic heterocycles. The average molecular weight is 168 g/mol. The molecule has 54 valence electrons. The molecular weight excluding hydrogens is 157 g/mol. The highest BCUT2D eigenvalue weighted by molar-refractivity contribution is 6.25. The van der Waals surface area contributed by atoms with Crippen molar-refractivity contribution in [2.45, 2.75) is 13.0 Å². The quantitative estimate of drug-likeness (QED) is 0.632. The Labute approximate surface area is 66.0 Å². The largest absolute Gasteiger partial charge is 0.310 e. The summed E-state index contributed by atoms with van der Waals surface area (Å²) in [4.78, 5) is 0. The van der Waals surface area contributed by atoms with Crippen molar-refractivity contribution in [1.29, 1.82) is 0 Å². The molecule has 1 N–H and O–H groups in total. The lowest BCUT2D eigenvalue weighted by molar-refractivity contribution is 0.638. The lowest BCUT2D eigenvalue weighted by atomic mass is 10.4. The predicted octanol–water partition coefficient (Wildman–Crippen LogP) is 1.96. The van der Waals surface area contributed by atoms with Gasteiger partial charge in [-0.1, -0.05) is 17.7 Å². The van der Waals surface area contributed by atoms with E-state index in [0.717, 1.165) is 6.54 Å².